The number of amides is 1. The molecule has 19 heavy (non-hydrogen) atoms. The molecule has 0 unspecified atom stereocenters. The van der Waals surface area contributed by atoms with Crippen LogP contribution in [0.5, 0.6) is 0 Å². The lowest BCUT2D eigenvalue weighted by atomic mass is 10.1. The van der Waals surface area contributed by atoms with E-state index in [0.717, 1.165) is 18.7 Å². The minimum absolute atomic E-state index is 0. The third kappa shape index (κ3) is 6.45. The van der Waals surface area contributed by atoms with E-state index in [0.29, 0.717) is 12.5 Å². The molecule has 0 aliphatic heterocycles. The van der Waals surface area contributed by atoms with Crippen molar-refractivity contribution in [3.8, 4) is 0 Å². The maximum atomic E-state index is 11.4. The highest BCUT2D eigenvalue weighted by Crippen LogP contribution is 2.28. The lowest BCUT2D eigenvalue weighted by molar-refractivity contribution is -0.125. The first-order valence-electron chi connectivity index (χ1n) is 6.43. The Balaban J connectivity index is 0.00000180. The molecule has 2 rings (SSSR count). The van der Waals surface area contributed by atoms with Gasteiger partial charge in [-0.2, -0.15) is 0 Å². The molecule has 0 bridgehead atoms. The van der Waals surface area contributed by atoms with Crippen molar-refractivity contribution in [2.45, 2.75) is 19.3 Å². The summed E-state index contributed by atoms with van der Waals surface area (Å²) >= 11 is 0. The Kier molecular flexibility index (Phi) is 6.67. The van der Waals surface area contributed by atoms with Gasteiger partial charge in [-0.1, -0.05) is 12.1 Å². The number of rotatable bonds is 7. The fraction of sp³-hybridized carbons (Fsp3) is 0.500. The molecule has 1 saturated carbocycles. The Morgan fingerprint density at radius 3 is 2.63 bits per heavy atom. The number of hydrogen-bond donors (Lipinski definition) is 2. The minimum Gasteiger partial charge on any atom is -0.399 e. The van der Waals surface area contributed by atoms with Crippen LogP contribution in [0.2, 0.25) is 0 Å². The van der Waals surface area contributed by atoms with Gasteiger partial charge in [-0.05, 0) is 42.9 Å². The summed E-state index contributed by atoms with van der Waals surface area (Å²) in [6.45, 7) is 1.54. The van der Waals surface area contributed by atoms with E-state index in [9.17, 15) is 4.79 Å². The monoisotopic (exact) mass is 284 g/mol. The number of halogens is 1. The fourth-order valence-electron chi connectivity index (χ4n) is 1.68. The summed E-state index contributed by atoms with van der Waals surface area (Å²) in [5.41, 5.74) is 7.53. The van der Waals surface area contributed by atoms with Crippen molar-refractivity contribution in [3.05, 3.63) is 29.8 Å². The average molecular weight is 285 g/mol. The summed E-state index contributed by atoms with van der Waals surface area (Å²) in [7, 11) is 0. The maximum Gasteiger partial charge on any atom is 0.246 e. The quantitative estimate of drug-likeness (QED) is 0.750. The normalized spacial score (nSPS) is 13.7. The van der Waals surface area contributed by atoms with Crippen LogP contribution in [0.1, 0.15) is 18.4 Å². The Labute approximate surface area is 120 Å². The van der Waals surface area contributed by atoms with E-state index in [2.05, 4.69) is 5.32 Å². The first kappa shape index (κ1) is 15.8. The van der Waals surface area contributed by atoms with Gasteiger partial charge in [0.05, 0.1) is 6.61 Å². The second-order valence-electron chi connectivity index (χ2n) is 4.80. The lowest BCUT2D eigenvalue weighted by Gasteiger charge is -2.06. The van der Waals surface area contributed by atoms with Gasteiger partial charge in [-0.15, -0.1) is 12.4 Å². The summed E-state index contributed by atoms with van der Waals surface area (Å²) in [5.74, 6) is 0.665. The molecule has 5 heteroatoms. The third-order valence-corrected chi connectivity index (χ3v) is 3.00. The molecule has 3 N–H and O–H groups in total. The predicted molar refractivity (Wildman–Crippen MR) is 78.4 cm³/mol. The number of nitrogens with one attached hydrogen (secondary N) is 1. The molecule has 4 nitrogen and oxygen atoms in total. The average Bonchev–Trinajstić information content (AvgIpc) is 3.16. The highest BCUT2D eigenvalue weighted by molar-refractivity contribution is 5.85. The minimum atomic E-state index is -0.0360. The number of nitrogen functional groups attached to an aromatic ring is 1. The van der Waals surface area contributed by atoms with E-state index in [1.807, 2.05) is 24.3 Å². The first-order chi connectivity index (χ1) is 8.74. The molecule has 1 aliphatic rings. The van der Waals surface area contributed by atoms with Crippen LogP contribution in [0.15, 0.2) is 24.3 Å². The van der Waals surface area contributed by atoms with Crippen LogP contribution in [0, 0.1) is 5.92 Å². The smallest absolute Gasteiger partial charge is 0.246 e. The molecule has 1 aromatic carbocycles. The SMILES string of the molecule is Cl.Nc1ccc(CCNC(=O)COCC2CC2)cc1. The number of carbonyl (C=O) groups is 1. The zero-order chi connectivity index (χ0) is 12.8. The van der Waals surface area contributed by atoms with Crippen molar-refractivity contribution < 1.29 is 9.53 Å². The first-order valence-corrected chi connectivity index (χ1v) is 6.43. The van der Waals surface area contributed by atoms with Crippen LogP contribution in [0.3, 0.4) is 0 Å². The van der Waals surface area contributed by atoms with Crippen molar-refractivity contribution in [3.63, 3.8) is 0 Å². The van der Waals surface area contributed by atoms with Gasteiger partial charge < -0.3 is 15.8 Å². The van der Waals surface area contributed by atoms with Crippen molar-refractivity contribution in [2.24, 2.45) is 5.92 Å². The van der Waals surface area contributed by atoms with Crippen LogP contribution in [0.25, 0.3) is 0 Å². The van der Waals surface area contributed by atoms with Crippen molar-refractivity contribution in [1.82, 2.24) is 5.32 Å². The molecule has 0 saturated heterocycles. The molecule has 0 spiro atoms. The van der Waals surface area contributed by atoms with E-state index < -0.39 is 0 Å². The zero-order valence-electron chi connectivity index (χ0n) is 10.9. The molecule has 1 fully saturated rings. The second-order valence-corrected chi connectivity index (χ2v) is 4.80. The molecule has 0 atom stereocenters. The Morgan fingerprint density at radius 1 is 1.32 bits per heavy atom. The summed E-state index contributed by atoms with van der Waals surface area (Å²) in [4.78, 5) is 11.4. The number of hydrogen-bond acceptors (Lipinski definition) is 3. The number of anilines is 1. The fourth-order valence-corrected chi connectivity index (χ4v) is 1.68. The summed E-state index contributed by atoms with van der Waals surface area (Å²) in [6, 6.07) is 7.70. The van der Waals surface area contributed by atoms with Gasteiger partial charge in [0.15, 0.2) is 0 Å². The van der Waals surface area contributed by atoms with E-state index in [-0.39, 0.29) is 24.9 Å². The third-order valence-electron chi connectivity index (χ3n) is 3.00. The Morgan fingerprint density at radius 2 is 2.00 bits per heavy atom. The molecule has 0 radical (unpaired) electrons. The molecule has 106 valence electrons. The van der Waals surface area contributed by atoms with Crippen LogP contribution in [0.4, 0.5) is 5.69 Å². The molecule has 0 aromatic heterocycles. The van der Waals surface area contributed by atoms with Gasteiger partial charge in [0.2, 0.25) is 5.91 Å². The second kappa shape index (κ2) is 8.02. The van der Waals surface area contributed by atoms with Crippen LogP contribution >= 0.6 is 12.4 Å². The van der Waals surface area contributed by atoms with Gasteiger partial charge in [-0.3, -0.25) is 4.79 Å². The zero-order valence-corrected chi connectivity index (χ0v) is 11.7. The molecular formula is C14H21ClN2O2. The van der Waals surface area contributed by atoms with Crippen molar-refractivity contribution >= 4 is 24.0 Å². The van der Waals surface area contributed by atoms with Gasteiger partial charge in [0.25, 0.3) is 0 Å². The van der Waals surface area contributed by atoms with E-state index in [1.54, 1.807) is 0 Å². The van der Waals surface area contributed by atoms with E-state index in [1.165, 1.54) is 18.4 Å². The van der Waals surface area contributed by atoms with Crippen molar-refractivity contribution in [2.75, 3.05) is 25.5 Å². The number of ether oxygens (including phenoxy) is 1. The topological polar surface area (TPSA) is 64.3 Å². The summed E-state index contributed by atoms with van der Waals surface area (Å²) in [5, 5.41) is 2.84. The summed E-state index contributed by atoms with van der Waals surface area (Å²) < 4.78 is 5.31. The van der Waals surface area contributed by atoms with E-state index >= 15 is 0 Å². The molecule has 1 aliphatic carbocycles. The van der Waals surface area contributed by atoms with Gasteiger partial charge in [0, 0.05) is 12.2 Å². The standard InChI is InChI=1S/C14H20N2O2.ClH/c15-13-5-3-11(4-6-13)7-8-16-14(17)10-18-9-12-1-2-12;/h3-6,12H,1-2,7-10,15H2,(H,16,17);1H. The van der Waals surface area contributed by atoms with Crippen LogP contribution in [-0.4, -0.2) is 25.7 Å². The number of nitrogens with two attached hydrogens (primary N) is 1. The van der Waals surface area contributed by atoms with Gasteiger partial charge >= 0.3 is 0 Å². The van der Waals surface area contributed by atoms with Crippen LogP contribution in [-0.2, 0) is 16.0 Å². The van der Waals surface area contributed by atoms with E-state index in [4.69, 9.17) is 10.5 Å². The largest absolute Gasteiger partial charge is 0.399 e. The Bertz CT molecular complexity index is 391. The van der Waals surface area contributed by atoms with Gasteiger partial charge in [-0.25, -0.2) is 0 Å². The molecule has 1 aromatic rings. The molecule has 0 heterocycles. The summed E-state index contributed by atoms with van der Waals surface area (Å²) in [6.07, 6.45) is 3.31. The predicted octanol–water partition coefficient (Wildman–Crippen LogP) is 1.78. The Hall–Kier alpha value is -1.26. The van der Waals surface area contributed by atoms with Crippen molar-refractivity contribution in [1.29, 1.82) is 0 Å². The number of benzene rings is 1. The van der Waals surface area contributed by atoms with Crippen LogP contribution < -0.4 is 11.1 Å². The number of carbonyl (C=O) groups excluding carboxylic acids is 1. The maximum absolute atomic E-state index is 11.4. The highest BCUT2D eigenvalue weighted by Gasteiger charge is 2.21. The molecular weight excluding hydrogens is 264 g/mol. The van der Waals surface area contributed by atoms with Gasteiger partial charge in [0.1, 0.15) is 6.61 Å². The lowest BCUT2D eigenvalue weighted by Crippen LogP contribution is -2.29. The highest BCUT2D eigenvalue weighted by atomic mass is 35.5. The molecule has 1 amide bonds.